The molecule has 1 aliphatic rings. The van der Waals surface area contributed by atoms with Gasteiger partial charge in [-0.2, -0.15) is 5.10 Å². The third-order valence-corrected chi connectivity index (χ3v) is 6.10. The van der Waals surface area contributed by atoms with Crippen LogP contribution in [0.25, 0.3) is 10.9 Å². The number of methoxy groups -OCH3 is 1. The number of ether oxygens (including phenoxy) is 1. The molecule has 0 spiro atoms. The summed E-state index contributed by atoms with van der Waals surface area (Å²) in [5, 5.41) is 6.15. The van der Waals surface area contributed by atoms with Crippen molar-refractivity contribution in [2.24, 2.45) is 5.10 Å². The molecule has 0 amide bonds. The van der Waals surface area contributed by atoms with Crippen LogP contribution in [-0.4, -0.2) is 17.8 Å². The van der Waals surface area contributed by atoms with E-state index >= 15 is 0 Å². The van der Waals surface area contributed by atoms with Crippen molar-refractivity contribution in [2.45, 2.75) is 18.9 Å². The third kappa shape index (κ3) is 3.87. The van der Waals surface area contributed by atoms with Gasteiger partial charge < -0.3 is 15.1 Å². The maximum atomic E-state index is 13.2. The second-order valence-corrected chi connectivity index (χ2v) is 8.31. The van der Waals surface area contributed by atoms with Crippen molar-refractivity contribution in [3.05, 3.63) is 110 Å². The zero-order valence-corrected chi connectivity index (χ0v) is 18.3. The lowest BCUT2D eigenvalue weighted by Crippen LogP contribution is -2.21. The van der Waals surface area contributed by atoms with Crippen LogP contribution >= 0.6 is 11.6 Å². The smallest absolute Gasteiger partial charge is 0.257 e. The van der Waals surface area contributed by atoms with Crippen molar-refractivity contribution in [1.29, 1.82) is 0 Å². The minimum Gasteiger partial charge on any atom is -0.497 e. The summed E-state index contributed by atoms with van der Waals surface area (Å²) < 4.78 is 5.26. The van der Waals surface area contributed by atoms with E-state index in [-0.39, 0.29) is 11.6 Å². The Bertz CT molecular complexity index is 1360. The summed E-state index contributed by atoms with van der Waals surface area (Å²) in [6.07, 6.45) is 1.23. The van der Waals surface area contributed by atoms with Gasteiger partial charge in [0.15, 0.2) is 0 Å². The van der Waals surface area contributed by atoms with Crippen LogP contribution in [0.1, 0.15) is 34.7 Å². The number of aromatic amines is 1. The topological polar surface area (TPSA) is 66.5 Å². The Kier molecular flexibility index (Phi) is 5.41. The molecule has 4 aromatic rings. The van der Waals surface area contributed by atoms with Gasteiger partial charge in [0.2, 0.25) is 0 Å². The summed E-state index contributed by atoms with van der Waals surface area (Å²) in [4.78, 5) is 16.2. The molecule has 2 heterocycles. The van der Waals surface area contributed by atoms with Crippen molar-refractivity contribution in [3.8, 4) is 5.75 Å². The van der Waals surface area contributed by atoms with E-state index in [1.54, 1.807) is 13.2 Å². The van der Waals surface area contributed by atoms with Crippen molar-refractivity contribution in [2.75, 3.05) is 7.11 Å². The van der Waals surface area contributed by atoms with E-state index < -0.39 is 0 Å². The molecule has 6 heteroatoms. The molecule has 0 saturated carbocycles. The van der Waals surface area contributed by atoms with Crippen molar-refractivity contribution < 1.29 is 4.74 Å². The second kappa shape index (κ2) is 8.52. The van der Waals surface area contributed by atoms with Gasteiger partial charge in [-0.3, -0.25) is 4.79 Å². The van der Waals surface area contributed by atoms with E-state index in [1.807, 2.05) is 54.6 Å². The molecule has 2 N–H and O–H groups in total. The molecule has 1 atom stereocenters. The fraction of sp³-hybridized carbons (Fsp3) is 0.154. The van der Waals surface area contributed by atoms with E-state index in [4.69, 9.17) is 16.3 Å². The average molecular weight is 444 g/mol. The number of hydrogen-bond donors (Lipinski definition) is 2. The summed E-state index contributed by atoms with van der Waals surface area (Å²) in [7, 11) is 1.65. The maximum Gasteiger partial charge on any atom is 0.257 e. The number of nitrogens with one attached hydrogen (secondary N) is 2. The number of fused-ring (bicyclic) bond motifs is 1. The Hall–Kier alpha value is -3.57. The summed E-state index contributed by atoms with van der Waals surface area (Å²) >= 11 is 6.33. The second-order valence-electron chi connectivity index (χ2n) is 7.88. The molecule has 5 rings (SSSR count). The molecule has 160 valence electrons. The van der Waals surface area contributed by atoms with Gasteiger partial charge in [-0.25, -0.2) is 0 Å². The molecule has 0 fully saturated rings. The number of aromatic nitrogens is 1. The van der Waals surface area contributed by atoms with E-state index in [1.165, 1.54) is 0 Å². The minimum absolute atomic E-state index is 0.00469. The zero-order chi connectivity index (χ0) is 22.1. The lowest BCUT2D eigenvalue weighted by Gasteiger charge is -2.14. The van der Waals surface area contributed by atoms with Crippen LogP contribution in [0.4, 0.5) is 0 Å². The summed E-state index contributed by atoms with van der Waals surface area (Å²) in [5.74, 6) is 0.806. The number of nitrogens with zero attached hydrogens (tertiary/aromatic N) is 1. The predicted octanol–water partition coefficient (Wildman–Crippen LogP) is 5.22. The van der Waals surface area contributed by atoms with Crippen LogP contribution in [0.2, 0.25) is 5.02 Å². The number of hydrogen-bond acceptors (Lipinski definition) is 4. The Balaban J connectivity index is 1.58. The van der Waals surface area contributed by atoms with Gasteiger partial charge in [-0.15, -0.1) is 0 Å². The van der Waals surface area contributed by atoms with E-state index in [0.29, 0.717) is 23.4 Å². The van der Waals surface area contributed by atoms with Gasteiger partial charge in [0.25, 0.3) is 5.56 Å². The molecule has 1 aliphatic heterocycles. The summed E-state index contributed by atoms with van der Waals surface area (Å²) in [6.45, 7) is 0. The Morgan fingerprint density at radius 3 is 2.59 bits per heavy atom. The molecule has 0 saturated heterocycles. The highest BCUT2D eigenvalue weighted by Gasteiger charge is 2.26. The normalized spacial score (nSPS) is 15.4. The van der Waals surface area contributed by atoms with Gasteiger partial charge in [0.05, 0.1) is 24.4 Å². The lowest BCUT2D eigenvalue weighted by molar-refractivity contribution is 0.414. The number of H-pyrrole nitrogens is 1. The van der Waals surface area contributed by atoms with Crippen LogP contribution in [0.3, 0.4) is 0 Å². The quantitative estimate of drug-likeness (QED) is 0.444. The number of rotatable bonds is 5. The molecule has 0 aliphatic carbocycles. The average Bonchev–Trinajstić information content (AvgIpc) is 3.30. The molecular weight excluding hydrogens is 422 g/mol. The lowest BCUT2D eigenvalue weighted by atomic mass is 9.91. The Morgan fingerprint density at radius 1 is 1.06 bits per heavy atom. The van der Waals surface area contributed by atoms with E-state index in [9.17, 15) is 4.79 Å². The zero-order valence-electron chi connectivity index (χ0n) is 17.6. The van der Waals surface area contributed by atoms with Gasteiger partial charge in [0.1, 0.15) is 5.75 Å². The first kappa shape index (κ1) is 20.3. The molecule has 0 bridgehead atoms. The summed E-state index contributed by atoms with van der Waals surface area (Å²) in [5.41, 5.74) is 8.36. The SMILES string of the molecule is COc1ccc(C2CC(c3c(Cc4ccccc4)c4cc(Cl)ccc4[nH]c3=O)=NN2)cc1. The fourth-order valence-electron chi connectivity index (χ4n) is 4.25. The number of pyridine rings is 1. The van der Waals surface area contributed by atoms with Crippen LogP contribution in [0, 0.1) is 0 Å². The largest absolute Gasteiger partial charge is 0.497 e. The molecule has 1 aromatic heterocycles. The fourth-order valence-corrected chi connectivity index (χ4v) is 4.42. The van der Waals surface area contributed by atoms with Crippen molar-refractivity contribution in [1.82, 2.24) is 10.4 Å². The predicted molar refractivity (Wildman–Crippen MR) is 129 cm³/mol. The molecule has 32 heavy (non-hydrogen) atoms. The van der Waals surface area contributed by atoms with Crippen molar-refractivity contribution >= 4 is 28.2 Å². The maximum absolute atomic E-state index is 13.2. The first-order chi connectivity index (χ1) is 15.6. The van der Waals surface area contributed by atoms with E-state index in [0.717, 1.165) is 39.1 Å². The number of hydrazone groups is 1. The Morgan fingerprint density at radius 2 is 1.84 bits per heavy atom. The van der Waals surface area contributed by atoms with Gasteiger partial charge >= 0.3 is 0 Å². The van der Waals surface area contributed by atoms with Crippen LogP contribution in [-0.2, 0) is 6.42 Å². The Labute approximate surface area is 190 Å². The standard InChI is InChI=1S/C26H22ClN3O2/c1-32-19-10-7-17(8-11-19)23-15-24(30-29-23)25-21(13-16-5-3-2-4-6-16)20-14-18(27)9-12-22(20)28-26(25)31/h2-12,14,23,29H,13,15H2,1H3,(H,28,31). The highest BCUT2D eigenvalue weighted by atomic mass is 35.5. The number of halogens is 1. The monoisotopic (exact) mass is 443 g/mol. The van der Waals surface area contributed by atoms with Crippen molar-refractivity contribution in [3.63, 3.8) is 0 Å². The van der Waals surface area contributed by atoms with E-state index in [2.05, 4.69) is 27.6 Å². The van der Waals surface area contributed by atoms with Crippen LogP contribution in [0.15, 0.2) is 82.7 Å². The molecule has 0 radical (unpaired) electrons. The van der Waals surface area contributed by atoms with Gasteiger partial charge in [-0.1, -0.05) is 54.1 Å². The highest BCUT2D eigenvalue weighted by Crippen LogP contribution is 2.30. The first-order valence-electron chi connectivity index (χ1n) is 10.5. The molecule has 1 unspecified atom stereocenters. The molecule has 3 aromatic carbocycles. The number of benzene rings is 3. The van der Waals surface area contributed by atoms with Gasteiger partial charge in [0, 0.05) is 22.3 Å². The minimum atomic E-state index is -0.137. The first-order valence-corrected chi connectivity index (χ1v) is 10.8. The summed E-state index contributed by atoms with van der Waals surface area (Å²) in [6, 6.07) is 23.6. The van der Waals surface area contributed by atoms with Gasteiger partial charge in [-0.05, 0) is 53.4 Å². The molecular formula is C26H22ClN3O2. The third-order valence-electron chi connectivity index (χ3n) is 5.87. The van der Waals surface area contributed by atoms with Crippen LogP contribution < -0.4 is 15.7 Å². The molecule has 5 nitrogen and oxygen atoms in total. The highest BCUT2D eigenvalue weighted by molar-refractivity contribution is 6.31. The van der Waals surface area contributed by atoms with Crippen LogP contribution in [0.5, 0.6) is 5.75 Å².